The first-order chi connectivity index (χ1) is 27.2. The van der Waals surface area contributed by atoms with Gasteiger partial charge in [-0.05, 0) is 90.3 Å². The van der Waals surface area contributed by atoms with Gasteiger partial charge < -0.3 is 19.1 Å². The molecule has 7 nitrogen and oxygen atoms in total. The van der Waals surface area contributed by atoms with Crippen molar-refractivity contribution >= 4 is 17.9 Å². The number of rotatable bonds is 41. The molecule has 0 rings (SSSR count). The highest BCUT2D eigenvalue weighted by atomic mass is 16.5. The quantitative estimate of drug-likeness (QED) is 0.0264. The number of hydrogen-bond donors (Lipinski definition) is 0. The summed E-state index contributed by atoms with van der Waals surface area (Å²) >= 11 is 0. The zero-order valence-electron chi connectivity index (χ0n) is 37.8. The van der Waals surface area contributed by atoms with Crippen LogP contribution in [0.3, 0.4) is 0 Å². The molecule has 0 spiro atoms. The van der Waals surface area contributed by atoms with Crippen molar-refractivity contribution in [1.29, 1.82) is 0 Å². The molecule has 0 aliphatic heterocycles. The van der Waals surface area contributed by atoms with Gasteiger partial charge >= 0.3 is 17.9 Å². The van der Waals surface area contributed by atoms with Crippen LogP contribution in [0.4, 0.5) is 0 Å². The van der Waals surface area contributed by atoms with Crippen molar-refractivity contribution in [3.05, 3.63) is 24.3 Å². The molecule has 0 unspecified atom stereocenters. The van der Waals surface area contributed by atoms with Gasteiger partial charge in [0.05, 0.1) is 0 Å². The number of allylic oxidation sites excluding steroid dienone is 2. The maximum Gasteiger partial charge on any atom is 0.306 e. The number of esters is 3. The minimum absolute atomic E-state index is 0.0324. The average Bonchev–Trinajstić information content (AvgIpc) is 3.17. The molecule has 0 amide bonds. The summed E-state index contributed by atoms with van der Waals surface area (Å²) < 4.78 is 16.9. The monoisotopic (exact) mass is 790 g/mol. The van der Waals surface area contributed by atoms with Crippen LogP contribution in [0.1, 0.15) is 220 Å². The molecule has 0 fully saturated rings. The van der Waals surface area contributed by atoms with E-state index in [0.717, 1.165) is 115 Å². The first kappa shape index (κ1) is 53.9. The van der Waals surface area contributed by atoms with Gasteiger partial charge in [-0.2, -0.15) is 0 Å². The van der Waals surface area contributed by atoms with Crippen LogP contribution in [0.5, 0.6) is 0 Å². The van der Waals surface area contributed by atoms with Crippen LogP contribution < -0.4 is 0 Å². The van der Waals surface area contributed by atoms with Gasteiger partial charge in [0.2, 0.25) is 0 Å². The van der Waals surface area contributed by atoms with Crippen molar-refractivity contribution < 1.29 is 28.6 Å². The van der Waals surface area contributed by atoms with Gasteiger partial charge in [-0.1, -0.05) is 168 Å². The molecule has 7 heteroatoms. The molecule has 0 aromatic rings. The Labute approximate surface area is 346 Å². The van der Waals surface area contributed by atoms with Crippen molar-refractivity contribution in [3.8, 4) is 0 Å². The van der Waals surface area contributed by atoms with Crippen LogP contribution in [-0.2, 0) is 28.6 Å². The molecule has 0 aromatic carbocycles. The first-order valence-electron chi connectivity index (χ1n) is 23.7. The third kappa shape index (κ3) is 37.4. The summed E-state index contributed by atoms with van der Waals surface area (Å²) in [6, 6.07) is 0. The van der Waals surface area contributed by atoms with E-state index in [9.17, 15) is 14.4 Å². The van der Waals surface area contributed by atoms with Crippen molar-refractivity contribution in [2.45, 2.75) is 226 Å². The molecule has 0 N–H and O–H groups in total. The predicted molar refractivity (Wildman–Crippen MR) is 237 cm³/mol. The summed E-state index contributed by atoms with van der Waals surface area (Å²) in [6.07, 6.45) is 40.1. The number of ether oxygens (including phenoxy) is 3. The van der Waals surface area contributed by atoms with Crippen molar-refractivity contribution in [3.63, 3.8) is 0 Å². The van der Waals surface area contributed by atoms with Gasteiger partial charge in [0.1, 0.15) is 19.3 Å². The molecule has 56 heavy (non-hydrogen) atoms. The van der Waals surface area contributed by atoms with Crippen LogP contribution >= 0.6 is 0 Å². The van der Waals surface area contributed by atoms with Crippen LogP contribution in [0.15, 0.2) is 24.3 Å². The predicted octanol–water partition coefficient (Wildman–Crippen LogP) is 13.7. The van der Waals surface area contributed by atoms with Crippen LogP contribution in [0, 0.1) is 11.8 Å². The van der Waals surface area contributed by atoms with Gasteiger partial charge in [-0.15, -0.1) is 0 Å². The summed E-state index contributed by atoms with van der Waals surface area (Å²) in [5.41, 5.74) is 0. The Morgan fingerprint density at radius 2 is 0.821 bits per heavy atom. The van der Waals surface area contributed by atoms with Crippen molar-refractivity contribution in [2.75, 3.05) is 33.9 Å². The molecule has 0 heterocycles. The Balaban J connectivity index is 4.29. The second-order valence-electron chi connectivity index (χ2n) is 16.7. The highest BCUT2D eigenvalue weighted by Gasteiger charge is 2.15. The first-order valence-corrected chi connectivity index (χ1v) is 23.7. The third-order valence-electron chi connectivity index (χ3n) is 10.9. The lowest BCUT2D eigenvalue weighted by molar-refractivity contribution is -0.150. The third-order valence-corrected chi connectivity index (χ3v) is 10.9. The van der Waals surface area contributed by atoms with Crippen LogP contribution in [0.2, 0.25) is 0 Å². The summed E-state index contributed by atoms with van der Waals surface area (Å²) in [6.45, 7) is 10.7. The van der Waals surface area contributed by atoms with E-state index in [0.29, 0.717) is 32.5 Å². The molecule has 0 aliphatic rings. The van der Waals surface area contributed by atoms with E-state index in [1.165, 1.54) is 77.0 Å². The maximum atomic E-state index is 12.6. The minimum Gasteiger partial charge on any atom is -0.462 e. The lowest BCUT2D eigenvalue weighted by atomic mass is 9.93. The van der Waals surface area contributed by atoms with Gasteiger partial charge in [0.25, 0.3) is 0 Å². The Morgan fingerprint density at radius 3 is 1.21 bits per heavy atom. The Morgan fingerprint density at radius 1 is 0.446 bits per heavy atom. The largest absolute Gasteiger partial charge is 0.462 e. The topological polar surface area (TPSA) is 82.1 Å². The van der Waals surface area contributed by atoms with E-state index in [2.05, 4.69) is 44.7 Å². The Bertz CT molecular complexity index is 884. The normalized spacial score (nSPS) is 12.0. The molecule has 0 saturated heterocycles. The van der Waals surface area contributed by atoms with E-state index in [-0.39, 0.29) is 24.0 Å². The number of unbranched alkanes of at least 4 members (excludes halogenated alkanes) is 12. The molecule has 0 atom stereocenters. The van der Waals surface area contributed by atoms with Crippen molar-refractivity contribution in [1.82, 2.24) is 4.90 Å². The fourth-order valence-corrected chi connectivity index (χ4v) is 7.26. The molecule has 0 bridgehead atoms. The van der Waals surface area contributed by atoms with Gasteiger partial charge in [0, 0.05) is 19.3 Å². The van der Waals surface area contributed by atoms with E-state index < -0.39 is 0 Å². The molecule has 0 aliphatic carbocycles. The number of carbonyl (C=O) groups excluding carboxylic acids is 3. The summed E-state index contributed by atoms with van der Waals surface area (Å²) in [7, 11) is 4.05. The standard InChI is InChI=1S/C49H91NO6/c1-7-11-30-44(31-12-8-2)34-25-27-42-54-47(51)38-23-19-15-17-21-36-46(56-49(53)40-29-41-50(5)6)37-22-18-16-20-24-39-48(52)55-43-28-26-35-45(32-13-9-3)33-14-10-4/h25-28,44-46H,7-24,29-43H2,1-6H3/b27-25-,28-26-. The SMILES string of the molecule is CCCCC(C/C=C\COC(=O)CCCCCCCC(CCCCCCCC(=O)OC/C=C\CC(CCCC)CCCC)OC(=O)CCCN(C)C)CCCC. The minimum atomic E-state index is -0.101. The molecular formula is C49H91NO6. The van der Waals surface area contributed by atoms with Gasteiger partial charge in [-0.25, -0.2) is 0 Å². The number of carbonyl (C=O) groups is 3. The summed E-state index contributed by atoms with van der Waals surface area (Å²) in [5, 5.41) is 0. The molecule has 0 saturated carbocycles. The Hall–Kier alpha value is -2.15. The van der Waals surface area contributed by atoms with Crippen LogP contribution in [0.25, 0.3) is 0 Å². The van der Waals surface area contributed by atoms with E-state index >= 15 is 0 Å². The zero-order valence-corrected chi connectivity index (χ0v) is 37.8. The zero-order chi connectivity index (χ0) is 41.3. The van der Waals surface area contributed by atoms with Gasteiger partial charge in [0.15, 0.2) is 0 Å². The van der Waals surface area contributed by atoms with Crippen molar-refractivity contribution in [2.24, 2.45) is 11.8 Å². The lowest BCUT2D eigenvalue weighted by Crippen LogP contribution is -2.20. The highest BCUT2D eigenvalue weighted by Crippen LogP contribution is 2.22. The molecule has 0 radical (unpaired) electrons. The lowest BCUT2D eigenvalue weighted by Gasteiger charge is -2.18. The van der Waals surface area contributed by atoms with E-state index in [4.69, 9.17) is 14.2 Å². The number of nitrogens with zero attached hydrogens (tertiary/aromatic N) is 1. The average molecular weight is 790 g/mol. The van der Waals surface area contributed by atoms with Gasteiger partial charge in [-0.3, -0.25) is 14.4 Å². The molecule has 328 valence electrons. The van der Waals surface area contributed by atoms with Crippen LogP contribution in [-0.4, -0.2) is 62.8 Å². The number of hydrogen-bond acceptors (Lipinski definition) is 7. The van der Waals surface area contributed by atoms with E-state index in [1.54, 1.807) is 0 Å². The fraction of sp³-hybridized carbons (Fsp3) is 0.857. The highest BCUT2D eigenvalue weighted by molar-refractivity contribution is 5.70. The second-order valence-corrected chi connectivity index (χ2v) is 16.7. The smallest absolute Gasteiger partial charge is 0.306 e. The Kier molecular flexibility index (Phi) is 39.5. The fourth-order valence-electron chi connectivity index (χ4n) is 7.26. The summed E-state index contributed by atoms with van der Waals surface area (Å²) in [4.78, 5) is 39.1. The summed E-state index contributed by atoms with van der Waals surface area (Å²) in [5.74, 6) is 1.22. The van der Waals surface area contributed by atoms with E-state index in [1.807, 2.05) is 26.2 Å². The molecular weight excluding hydrogens is 699 g/mol. The maximum absolute atomic E-state index is 12.6. The molecule has 0 aromatic heterocycles. The second kappa shape index (κ2) is 41.0.